The Morgan fingerprint density at radius 1 is 1.08 bits per heavy atom. The van der Waals surface area contributed by atoms with Crippen LogP contribution in [-0.2, 0) is 19.0 Å². The van der Waals surface area contributed by atoms with E-state index in [1.54, 1.807) is 0 Å². The third-order valence-corrected chi connectivity index (χ3v) is 6.63. The minimum absolute atomic E-state index is 0.0351. The van der Waals surface area contributed by atoms with E-state index in [2.05, 4.69) is 6.07 Å². The Balaban J connectivity index is 1.53. The average molecular weight is 532 g/mol. The van der Waals surface area contributed by atoms with Gasteiger partial charge in [0, 0.05) is 19.0 Å². The molecule has 1 heterocycles. The highest BCUT2D eigenvalue weighted by Crippen LogP contribution is 2.38. The van der Waals surface area contributed by atoms with Gasteiger partial charge in [0.05, 0.1) is 24.6 Å². The molecule has 3 rings (SSSR count). The van der Waals surface area contributed by atoms with Gasteiger partial charge in [0.25, 0.3) is 0 Å². The van der Waals surface area contributed by atoms with Crippen LogP contribution < -0.4 is 4.74 Å². The number of para-hydroxylation sites is 1. The molecular formula is C30H45NO7. The van der Waals surface area contributed by atoms with E-state index >= 15 is 0 Å². The minimum atomic E-state index is -1.04. The molecule has 1 aromatic carbocycles. The number of rotatable bonds is 8. The van der Waals surface area contributed by atoms with Gasteiger partial charge in [-0.25, -0.2) is 4.79 Å². The van der Waals surface area contributed by atoms with E-state index in [1.807, 2.05) is 59.7 Å². The van der Waals surface area contributed by atoms with Gasteiger partial charge >= 0.3 is 6.09 Å². The summed E-state index contributed by atoms with van der Waals surface area (Å²) in [6.45, 7) is 11.8. The molecule has 8 heteroatoms. The molecule has 1 N–H and O–H groups in total. The van der Waals surface area contributed by atoms with Crippen molar-refractivity contribution in [3.8, 4) is 5.75 Å². The maximum absolute atomic E-state index is 12.7. The number of Topliss-reactive ketones (excluding diaryl/α,β-unsaturated/α-hetero) is 1. The van der Waals surface area contributed by atoms with Crippen molar-refractivity contribution in [2.45, 2.75) is 116 Å². The quantitative estimate of drug-likeness (QED) is 0.338. The Labute approximate surface area is 227 Å². The van der Waals surface area contributed by atoms with Crippen LogP contribution in [0.15, 0.2) is 36.6 Å². The number of piperidine rings is 1. The molecule has 0 radical (unpaired) electrons. The molecule has 1 aliphatic carbocycles. The second-order valence-corrected chi connectivity index (χ2v) is 12.2. The first-order chi connectivity index (χ1) is 17.8. The number of ketones is 1. The zero-order valence-corrected chi connectivity index (χ0v) is 23.8. The first-order valence-corrected chi connectivity index (χ1v) is 13.7. The number of amides is 1. The average Bonchev–Trinajstić information content (AvgIpc) is 2.81. The van der Waals surface area contributed by atoms with Gasteiger partial charge in [0.15, 0.2) is 12.1 Å². The van der Waals surface area contributed by atoms with Crippen molar-refractivity contribution in [2.24, 2.45) is 0 Å². The number of ether oxygens (including phenoxy) is 4. The molecule has 1 aliphatic heterocycles. The monoisotopic (exact) mass is 531 g/mol. The minimum Gasteiger partial charge on any atom is -0.465 e. The number of aliphatic hydroxyl groups excluding tert-OH is 1. The van der Waals surface area contributed by atoms with Crippen molar-refractivity contribution in [1.29, 1.82) is 0 Å². The number of hydrogen-bond acceptors (Lipinski definition) is 7. The van der Waals surface area contributed by atoms with Gasteiger partial charge in [-0.3, -0.25) is 9.69 Å². The first kappa shape index (κ1) is 30.1. The third kappa shape index (κ3) is 9.40. The molecule has 1 saturated heterocycles. The summed E-state index contributed by atoms with van der Waals surface area (Å²) in [5, 5.41) is 10.0. The van der Waals surface area contributed by atoms with Crippen LogP contribution in [0.4, 0.5) is 4.79 Å². The summed E-state index contributed by atoms with van der Waals surface area (Å²) in [6, 6.07) is 7.36. The highest BCUT2D eigenvalue weighted by Gasteiger charge is 2.36. The summed E-state index contributed by atoms with van der Waals surface area (Å²) in [6.07, 6.45) is 6.20. The van der Waals surface area contributed by atoms with Crippen molar-refractivity contribution in [3.63, 3.8) is 0 Å². The summed E-state index contributed by atoms with van der Waals surface area (Å²) in [5.74, 6) is 1.12. The molecule has 1 aromatic rings. The summed E-state index contributed by atoms with van der Waals surface area (Å²) < 4.78 is 23.1. The van der Waals surface area contributed by atoms with Crippen LogP contribution in [0.3, 0.4) is 0 Å². The van der Waals surface area contributed by atoms with Crippen LogP contribution in [0.5, 0.6) is 5.75 Å². The summed E-state index contributed by atoms with van der Waals surface area (Å²) in [5.41, 5.74) is 0.0538. The molecule has 0 bridgehead atoms. The number of aliphatic hydroxyl groups is 1. The van der Waals surface area contributed by atoms with Gasteiger partial charge < -0.3 is 24.1 Å². The Hall–Kier alpha value is -2.42. The van der Waals surface area contributed by atoms with Crippen LogP contribution in [0.2, 0.25) is 0 Å². The number of carbonyl (C=O) groups is 2. The van der Waals surface area contributed by atoms with Gasteiger partial charge in [-0.1, -0.05) is 18.2 Å². The Morgan fingerprint density at radius 2 is 1.76 bits per heavy atom. The zero-order valence-electron chi connectivity index (χ0n) is 23.8. The van der Waals surface area contributed by atoms with E-state index in [9.17, 15) is 14.7 Å². The van der Waals surface area contributed by atoms with E-state index in [4.69, 9.17) is 18.9 Å². The maximum atomic E-state index is 12.7. The van der Waals surface area contributed by atoms with Gasteiger partial charge in [-0.05, 0) is 91.2 Å². The van der Waals surface area contributed by atoms with Gasteiger partial charge in [-0.15, -0.1) is 0 Å². The van der Waals surface area contributed by atoms with Crippen molar-refractivity contribution in [3.05, 3.63) is 42.2 Å². The van der Waals surface area contributed by atoms with E-state index in [0.29, 0.717) is 25.3 Å². The summed E-state index contributed by atoms with van der Waals surface area (Å²) in [7, 11) is 0. The molecular weight excluding hydrogens is 486 g/mol. The van der Waals surface area contributed by atoms with Crippen LogP contribution in [0.1, 0.15) is 91.5 Å². The van der Waals surface area contributed by atoms with Crippen LogP contribution >= 0.6 is 0 Å². The van der Waals surface area contributed by atoms with Gasteiger partial charge in [0.2, 0.25) is 0 Å². The van der Waals surface area contributed by atoms with E-state index < -0.39 is 29.6 Å². The molecule has 1 unspecified atom stereocenters. The second kappa shape index (κ2) is 13.1. The summed E-state index contributed by atoms with van der Waals surface area (Å²) >= 11 is 0. The SMILES string of the molecule is CC(C)(C)OC(=O)N1CCCC(=O)[C@@H]1COC1CCC(c2ccccc2O/C=C/C(O)OC(C)(C)C)CC1. The number of benzene rings is 1. The normalized spacial score (nSPS) is 23.9. The Kier molecular flexibility index (Phi) is 10.4. The third-order valence-electron chi connectivity index (χ3n) is 6.63. The Morgan fingerprint density at radius 3 is 2.42 bits per heavy atom. The lowest BCUT2D eigenvalue weighted by Crippen LogP contribution is -2.53. The second-order valence-electron chi connectivity index (χ2n) is 12.2. The number of carbonyl (C=O) groups excluding carboxylic acids is 2. The van der Waals surface area contributed by atoms with E-state index in [-0.39, 0.29) is 18.5 Å². The predicted octanol–water partition coefficient (Wildman–Crippen LogP) is 5.72. The van der Waals surface area contributed by atoms with E-state index in [0.717, 1.165) is 37.0 Å². The maximum Gasteiger partial charge on any atom is 0.410 e. The Bertz CT molecular complexity index is 954. The molecule has 8 nitrogen and oxygen atoms in total. The molecule has 1 amide bonds. The first-order valence-electron chi connectivity index (χ1n) is 13.7. The van der Waals surface area contributed by atoms with Crippen molar-refractivity contribution >= 4 is 11.9 Å². The molecule has 38 heavy (non-hydrogen) atoms. The standard InChI is InChI=1S/C30H45NO7/c1-29(2,3)37-27(33)17-19-35-26-12-8-7-10-23(26)21-13-15-22(16-14-21)36-20-24-25(32)11-9-18-31(24)28(34)38-30(4,5)6/h7-8,10,12,17,19,21-22,24,27,33H,9,11,13-16,18,20H2,1-6H3/b19-17+/t21?,22?,24-,27?/m0/s1. The van der Waals surface area contributed by atoms with E-state index in [1.165, 1.54) is 17.2 Å². The van der Waals surface area contributed by atoms with Crippen LogP contribution in [-0.4, -0.2) is 64.7 Å². The fourth-order valence-electron chi connectivity index (χ4n) is 4.92. The number of likely N-dealkylation sites (tertiary alicyclic amines) is 1. The smallest absolute Gasteiger partial charge is 0.410 e. The lowest BCUT2D eigenvalue weighted by Gasteiger charge is -2.37. The summed E-state index contributed by atoms with van der Waals surface area (Å²) in [4.78, 5) is 26.9. The topological polar surface area (TPSA) is 94.5 Å². The zero-order chi connectivity index (χ0) is 27.9. The largest absolute Gasteiger partial charge is 0.465 e. The molecule has 2 aliphatic rings. The molecule has 2 fully saturated rings. The van der Waals surface area contributed by atoms with Crippen LogP contribution in [0, 0.1) is 0 Å². The van der Waals surface area contributed by atoms with Crippen molar-refractivity contribution in [1.82, 2.24) is 4.90 Å². The molecule has 0 spiro atoms. The fourth-order valence-corrected chi connectivity index (χ4v) is 4.92. The lowest BCUT2D eigenvalue weighted by atomic mass is 9.82. The fraction of sp³-hybridized carbons (Fsp3) is 0.667. The van der Waals surface area contributed by atoms with Crippen molar-refractivity contribution < 1.29 is 33.6 Å². The highest BCUT2D eigenvalue weighted by molar-refractivity contribution is 5.88. The van der Waals surface area contributed by atoms with Gasteiger partial charge in [-0.2, -0.15) is 0 Å². The van der Waals surface area contributed by atoms with Crippen LogP contribution in [0.25, 0.3) is 0 Å². The highest BCUT2D eigenvalue weighted by atomic mass is 16.6. The van der Waals surface area contributed by atoms with Crippen molar-refractivity contribution in [2.75, 3.05) is 13.2 Å². The molecule has 0 aromatic heterocycles. The molecule has 212 valence electrons. The number of nitrogens with zero attached hydrogens (tertiary/aromatic N) is 1. The molecule has 1 saturated carbocycles. The lowest BCUT2D eigenvalue weighted by molar-refractivity contribution is -0.138. The molecule has 2 atom stereocenters. The number of hydrogen-bond donors (Lipinski definition) is 1. The van der Waals surface area contributed by atoms with Gasteiger partial charge in [0.1, 0.15) is 17.4 Å². The predicted molar refractivity (Wildman–Crippen MR) is 145 cm³/mol.